The number of hydrogen-bond donors (Lipinski definition) is 1. The van der Waals surface area contributed by atoms with Crippen LogP contribution in [-0.2, 0) is 7.05 Å². The third-order valence-corrected chi connectivity index (χ3v) is 4.81. The smallest absolute Gasteiger partial charge is 0.258 e. The van der Waals surface area contributed by atoms with Gasteiger partial charge >= 0.3 is 0 Å². The van der Waals surface area contributed by atoms with Crippen LogP contribution < -0.4 is 15.2 Å². The Morgan fingerprint density at radius 3 is 2.70 bits per heavy atom. The van der Waals surface area contributed by atoms with Crippen LogP contribution in [0.4, 0.5) is 10.2 Å². The first-order chi connectivity index (χ1) is 14.3. The van der Waals surface area contributed by atoms with E-state index in [4.69, 9.17) is 15.2 Å². The molecule has 152 valence electrons. The number of nitrogens with zero attached hydrogens (tertiary/aromatic N) is 5. The summed E-state index contributed by atoms with van der Waals surface area (Å²) >= 11 is 0. The molecule has 2 N–H and O–H groups in total. The van der Waals surface area contributed by atoms with Crippen molar-refractivity contribution < 1.29 is 18.7 Å². The SMILES string of the molecule is CC1Oc2nn(C)c(C#N)c2-c2cnc(N)c(n2)OC(C)c2cc(F)ccc2C1=O. The van der Waals surface area contributed by atoms with Crippen molar-refractivity contribution in [2.75, 3.05) is 5.73 Å². The molecule has 9 nitrogen and oxygen atoms in total. The van der Waals surface area contributed by atoms with Crippen LogP contribution >= 0.6 is 0 Å². The van der Waals surface area contributed by atoms with Crippen molar-refractivity contribution in [2.24, 2.45) is 7.05 Å². The van der Waals surface area contributed by atoms with Crippen LogP contribution in [0.3, 0.4) is 0 Å². The fourth-order valence-corrected chi connectivity index (χ4v) is 3.29. The van der Waals surface area contributed by atoms with E-state index >= 15 is 0 Å². The summed E-state index contributed by atoms with van der Waals surface area (Å²) in [5.74, 6) is -0.882. The molecule has 2 aromatic heterocycles. The maximum absolute atomic E-state index is 13.9. The van der Waals surface area contributed by atoms with Gasteiger partial charge in [-0.3, -0.25) is 9.48 Å². The average molecular weight is 408 g/mol. The predicted molar refractivity (Wildman–Crippen MR) is 103 cm³/mol. The molecule has 2 atom stereocenters. The van der Waals surface area contributed by atoms with Crippen molar-refractivity contribution in [3.05, 3.63) is 47.0 Å². The molecule has 4 rings (SSSR count). The molecule has 0 aliphatic carbocycles. The second-order valence-electron chi connectivity index (χ2n) is 6.83. The lowest BCUT2D eigenvalue weighted by molar-refractivity contribution is 0.0805. The highest BCUT2D eigenvalue weighted by Crippen LogP contribution is 2.36. The molecule has 10 heteroatoms. The summed E-state index contributed by atoms with van der Waals surface area (Å²) in [7, 11) is 1.57. The van der Waals surface area contributed by atoms with Crippen LogP contribution in [0, 0.1) is 17.1 Å². The van der Waals surface area contributed by atoms with Gasteiger partial charge in [-0.05, 0) is 32.0 Å². The van der Waals surface area contributed by atoms with E-state index < -0.39 is 18.0 Å². The molecule has 0 amide bonds. The molecule has 3 aromatic rings. The Hall–Kier alpha value is -4.00. The van der Waals surface area contributed by atoms with E-state index in [0.29, 0.717) is 5.56 Å². The van der Waals surface area contributed by atoms with Crippen LogP contribution in [-0.4, -0.2) is 31.6 Å². The number of nitrogens with two attached hydrogens (primary N) is 1. The Morgan fingerprint density at radius 1 is 1.23 bits per heavy atom. The number of nitriles is 1. The standard InChI is InChI=1S/C20H17FN6O3/c1-9-13-6-11(21)4-5-12(13)17(28)10(2)30-19-16(15(7-22)27(3)26-19)14-8-24-18(23)20(25-14)29-9/h4-6,8-10H,1-3H3,(H2,23,24). The lowest BCUT2D eigenvalue weighted by Gasteiger charge is -2.21. The molecule has 0 saturated carbocycles. The minimum atomic E-state index is -0.970. The van der Waals surface area contributed by atoms with Crippen molar-refractivity contribution in [3.8, 4) is 29.1 Å². The summed E-state index contributed by atoms with van der Waals surface area (Å²) < 4.78 is 26.9. The van der Waals surface area contributed by atoms with Crippen molar-refractivity contribution in [2.45, 2.75) is 26.1 Å². The molecule has 0 spiro atoms. The largest absolute Gasteiger partial charge is 0.467 e. The van der Waals surface area contributed by atoms with Gasteiger partial charge in [0.15, 0.2) is 17.6 Å². The van der Waals surface area contributed by atoms with Crippen molar-refractivity contribution in [1.82, 2.24) is 19.7 Å². The number of fused-ring (bicyclic) bond motifs is 5. The third-order valence-electron chi connectivity index (χ3n) is 4.81. The zero-order valence-corrected chi connectivity index (χ0v) is 16.4. The zero-order chi connectivity index (χ0) is 21.6. The van der Waals surface area contributed by atoms with Gasteiger partial charge in [-0.15, -0.1) is 5.10 Å². The molecule has 2 unspecified atom stereocenters. The number of Topliss-reactive ketones (excluding diaryl/α,β-unsaturated/α-hetero) is 1. The molecule has 0 radical (unpaired) electrons. The number of ketones is 1. The Labute approximate surface area is 170 Å². The van der Waals surface area contributed by atoms with E-state index in [1.165, 1.54) is 29.1 Å². The summed E-state index contributed by atoms with van der Waals surface area (Å²) in [5, 5.41) is 13.8. The Morgan fingerprint density at radius 2 is 1.97 bits per heavy atom. The van der Waals surface area contributed by atoms with Crippen molar-refractivity contribution in [1.29, 1.82) is 5.26 Å². The summed E-state index contributed by atoms with van der Waals surface area (Å²) in [6, 6.07) is 5.85. The van der Waals surface area contributed by atoms with Crippen LogP contribution in [0.25, 0.3) is 11.3 Å². The van der Waals surface area contributed by atoms with E-state index in [2.05, 4.69) is 15.1 Å². The second-order valence-corrected chi connectivity index (χ2v) is 6.83. The molecule has 1 aliphatic heterocycles. The van der Waals surface area contributed by atoms with E-state index in [9.17, 15) is 14.4 Å². The maximum atomic E-state index is 13.9. The van der Waals surface area contributed by atoms with Gasteiger partial charge in [-0.1, -0.05) is 0 Å². The zero-order valence-electron chi connectivity index (χ0n) is 16.4. The number of halogens is 1. The van der Waals surface area contributed by atoms with Gasteiger partial charge in [-0.2, -0.15) is 5.26 Å². The van der Waals surface area contributed by atoms with Crippen molar-refractivity contribution in [3.63, 3.8) is 0 Å². The van der Waals surface area contributed by atoms with Crippen LogP contribution in [0.5, 0.6) is 11.8 Å². The highest BCUT2D eigenvalue weighted by Gasteiger charge is 2.29. The molecule has 30 heavy (non-hydrogen) atoms. The number of benzene rings is 1. The number of hydrogen-bond acceptors (Lipinski definition) is 8. The first kappa shape index (κ1) is 19.3. The number of nitrogen functional groups attached to an aromatic ring is 1. The quantitative estimate of drug-likeness (QED) is 0.601. The number of carbonyl (C=O) groups excluding carboxylic acids is 1. The maximum Gasteiger partial charge on any atom is 0.258 e. The number of carbonyl (C=O) groups is 1. The Balaban J connectivity index is 1.98. The molecular weight excluding hydrogens is 391 g/mol. The topological polar surface area (TPSA) is 129 Å². The molecule has 0 saturated heterocycles. The minimum Gasteiger partial charge on any atom is -0.467 e. The van der Waals surface area contributed by atoms with Gasteiger partial charge < -0.3 is 15.2 Å². The van der Waals surface area contributed by atoms with E-state index in [-0.39, 0.29) is 45.9 Å². The van der Waals surface area contributed by atoms with Gasteiger partial charge in [0, 0.05) is 18.2 Å². The highest BCUT2D eigenvalue weighted by molar-refractivity contribution is 6.01. The number of rotatable bonds is 0. The molecular formula is C20H17FN6O3. The van der Waals surface area contributed by atoms with Gasteiger partial charge in [0.2, 0.25) is 11.7 Å². The predicted octanol–water partition coefficient (Wildman–Crippen LogP) is 2.57. The number of ether oxygens (including phenoxy) is 2. The van der Waals surface area contributed by atoms with Crippen molar-refractivity contribution >= 4 is 11.6 Å². The third kappa shape index (κ3) is 3.10. The first-order valence-corrected chi connectivity index (χ1v) is 9.07. The molecule has 1 aromatic carbocycles. The fraction of sp³-hybridized carbons (Fsp3) is 0.250. The summed E-state index contributed by atoms with van der Waals surface area (Å²) in [6.45, 7) is 3.20. The highest BCUT2D eigenvalue weighted by atomic mass is 19.1. The second kappa shape index (κ2) is 7.11. The van der Waals surface area contributed by atoms with Gasteiger partial charge in [0.05, 0.1) is 6.20 Å². The monoisotopic (exact) mass is 408 g/mol. The Bertz CT molecular complexity index is 1220. The minimum absolute atomic E-state index is 0.00479. The van der Waals surface area contributed by atoms with E-state index in [1.54, 1.807) is 20.9 Å². The average Bonchev–Trinajstić information content (AvgIpc) is 3.03. The first-order valence-electron chi connectivity index (χ1n) is 9.07. The lowest BCUT2D eigenvalue weighted by atomic mass is 9.97. The molecule has 3 heterocycles. The normalized spacial score (nSPS) is 18.0. The van der Waals surface area contributed by atoms with E-state index in [0.717, 1.165) is 0 Å². The molecule has 1 aliphatic rings. The number of aromatic nitrogens is 4. The number of aryl methyl sites for hydroxylation is 1. The van der Waals surface area contributed by atoms with E-state index in [1.807, 2.05) is 6.07 Å². The number of anilines is 1. The van der Waals surface area contributed by atoms with Gasteiger partial charge in [-0.25, -0.2) is 14.4 Å². The Kier molecular flexibility index (Phi) is 4.58. The summed E-state index contributed by atoms with van der Waals surface area (Å²) in [4.78, 5) is 21.6. The summed E-state index contributed by atoms with van der Waals surface area (Å²) in [6.07, 6.45) is -0.368. The molecule has 0 fully saturated rings. The van der Waals surface area contributed by atoms with Gasteiger partial charge in [0.1, 0.15) is 29.2 Å². The lowest BCUT2D eigenvalue weighted by Crippen LogP contribution is -2.26. The molecule has 2 bridgehead atoms. The van der Waals surface area contributed by atoms with Crippen LogP contribution in [0.15, 0.2) is 24.4 Å². The fourth-order valence-electron chi connectivity index (χ4n) is 3.29. The van der Waals surface area contributed by atoms with Crippen LogP contribution in [0.2, 0.25) is 0 Å². The van der Waals surface area contributed by atoms with Gasteiger partial charge in [0.25, 0.3) is 5.88 Å². The summed E-state index contributed by atoms with van der Waals surface area (Å²) in [5.41, 5.74) is 7.15. The van der Waals surface area contributed by atoms with Crippen LogP contribution in [0.1, 0.15) is 41.6 Å².